The van der Waals surface area contributed by atoms with Crippen LogP contribution in [0.15, 0.2) is 71.9 Å². The Morgan fingerprint density at radius 3 is 2.64 bits per heavy atom. The number of anilines is 1. The number of carbonyl (C=O) groups is 1. The molecule has 0 aliphatic carbocycles. The zero-order chi connectivity index (χ0) is 17.0. The van der Waals surface area contributed by atoms with Gasteiger partial charge in [0.1, 0.15) is 6.61 Å². The van der Waals surface area contributed by atoms with Gasteiger partial charge in [0.2, 0.25) is 0 Å². The molecule has 122 valence electrons. The largest absolute Gasteiger partial charge is 0.456 e. The first-order valence-corrected chi connectivity index (χ1v) is 8.48. The van der Waals surface area contributed by atoms with Crippen LogP contribution in [0.4, 0.5) is 5.69 Å². The maximum absolute atomic E-state index is 12.4. The highest BCUT2D eigenvalue weighted by Crippen LogP contribution is 2.46. The molecule has 3 aromatic rings. The van der Waals surface area contributed by atoms with Crippen LogP contribution in [0.3, 0.4) is 0 Å². The number of aryl methyl sites for hydroxylation is 1. The number of hydrogen-bond acceptors (Lipinski definition) is 3. The van der Waals surface area contributed by atoms with Gasteiger partial charge in [0.25, 0.3) is 0 Å². The molecule has 0 spiro atoms. The molecule has 1 atom stereocenters. The lowest BCUT2D eigenvalue weighted by molar-refractivity contribution is -0.136. The minimum Gasteiger partial charge on any atom is -0.456 e. The third-order valence-electron chi connectivity index (χ3n) is 5.14. The highest BCUT2D eigenvalue weighted by Gasteiger charge is 2.38. The first-order chi connectivity index (χ1) is 12.2. The molecule has 0 aromatic heterocycles. The summed E-state index contributed by atoms with van der Waals surface area (Å²) in [6.45, 7) is 2.39. The summed E-state index contributed by atoms with van der Waals surface area (Å²) in [5, 5.41) is 5.83. The van der Waals surface area contributed by atoms with Crippen LogP contribution in [0.1, 0.15) is 22.6 Å². The number of benzene rings is 3. The van der Waals surface area contributed by atoms with Gasteiger partial charge in [-0.2, -0.15) is 0 Å². The Morgan fingerprint density at radius 1 is 1.00 bits per heavy atom. The van der Waals surface area contributed by atoms with Crippen LogP contribution in [0.5, 0.6) is 0 Å². The van der Waals surface area contributed by atoms with Crippen LogP contribution in [0.2, 0.25) is 0 Å². The van der Waals surface area contributed by atoms with E-state index in [1.807, 2.05) is 12.1 Å². The number of cyclic esters (lactones) is 1. The lowest BCUT2D eigenvalue weighted by Crippen LogP contribution is -2.20. The molecule has 0 bridgehead atoms. The maximum Gasteiger partial charge on any atom is 0.337 e. The predicted octanol–water partition coefficient (Wildman–Crippen LogP) is 4.52. The van der Waals surface area contributed by atoms with Crippen molar-refractivity contribution in [2.45, 2.75) is 12.8 Å². The Balaban J connectivity index is 1.79. The Kier molecular flexibility index (Phi) is 2.98. The molecule has 2 aliphatic rings. The number of esters is 1. The molecule has 0 amide bonds. The van der Waals surface area contributed by atoms with Crippen molar-refractivity contribution >= 4 is 22.4 Å². The molecular formula is C22H17NO2. The van der Waals surface area contributed by atoms with Crippen molar-refractivity contribution in [2.24, 2.45) is 0 Å². The summed E-state index contributed by atoms with van der Waals surface area (Å²) < 4.78 is 5.34. The Hall–Kier alpha value is -3.07. The van der Waals surface area contributed by atoms with Crippen LogP contribution in [0, 0.1) is 6.92 Å². The number of nitrogens with one attached hydrogen (secondary N) is 1. The molecule has 0 fully saturated rings. The maximum atomic E-state index is 12.4. The zero-order valence-corrected chi connectivity index (χ0v) is 13.9. The highest BCUT2D eigenvalue weighted by atomic mass is 16.5. The summed E-state index contributed by atoms with van der Waals surface area (Å²) in [6.07, 6.45) is 0. The summed E-state index contributed by atoms with van der Waals surface area (Å²) in [5.41, 5.74) is 6.17. The van der Waals surface area contributed by atoms with Crippen molar-refractivity contribution in [3.63, 3.8) is 0 Å². The minimum atomic E-state index is -0.216. The summed E-state index contributed by atoms with van der Waals surface area (Å²) in [6, 6.07) is 21.0. The zero-order valence-electron chi connectivity index (χ0n) is 13.9. The molecule has 1 unspecified atom stereocenters. The van der Waals surface area contributed by atoms with E-state index in [0.717, 1.165) is 28.1 Å². The summed E-state index contributed by atoms with van der Waals surface area (Å²) >= 11 is 0. The fourth-order valence-electron chi connectivity index (χ4n) is 3.89. The average molecular weight is 327 g/mol. The molecule has 3 aromatic carbocycles. The van der Waals surface area contributed by atoms with E-state index in [2.05, 4.69) is 60.8 Å². The lowest BCUT2D eigenvalue weighted by atomic mass is 9.80. The monoisotopic (exact) mass is 327 g/mol. The van der Waals surface area contributed by atoms with Crippen LogP contribution in [-0.2, 0) is 9.53 Å². The van der Waals surface area contributed by atoms with E-state index in [0.29, 0.717) is 6.61 Å². The van der Waals surface area contributed by atoms with E-state index in [1.54, 1.807) is 0 Å². The van der Waals surface area contributed by atoms with Gasteiger partial charge in [-0.15, -0.1) is 0 Å². The molecule has 0 saturated carbocycles. The van der Waals surface area contributed by atoms with E-state index >= 15 is 0 Å². The molecular weight excluding hydrogens is 310 g/mol. The van der Waals surface area contributed by atoms with Gasteiger partial charge in [-0.05, 0) is 23.4 Å². The third kappa shape index (κ3) is 2.09. The van der Waals surface area contributed by atoms with Gasteiger partial charge < -0.3 is 10.1 Å². The van der Waals surface area contributed by atoms with E-state index in [-0.39, 0.29) is 11.9 Å². The standard InChI is InChI=1S/C22H17NO2/c1-13-6-8-15(9-7-13)19-17-11-10-14-4-2-3-5-16(14)21(17)23-18-12-25-22(24)20(18)19/h2-11,19,23H,12H2,1H3. The molecule has 1 N–H and O–H groups in total. The van der Waals surface area contributed by atoms with Crippen molar-refractivity contribution in [1.29, 1.82) is 0 Å². The molecule has 3 heteroatoms. The van der Waals surface area contributed by atoms with Crippen LogP contribution in [-0.4, -0.2) is 12.6 Å². The van der Waals surface area contributed by atoms with Gasteiger partial charge in [-0.1, -0.05) is 66.2 Å². The summed E-state index contributed by atoms with van der Waals surface area (Å²) in [7, 11) is 0. The molecule has 25 heavy (non-hydrogen) atoms. The smallest absolute Gasteiger partial charge is 0.337 e. The quantitative estimate of drug-likeness (QED) is 0.668. The summed E-state index contributed by atoms with van der Waals surface area (Å²) in [4.78, 5) is 12.4. The predicted molar refractivity (Wildman–Crippen MR) is 98.6 cm³/mol. The SMILES string of the molecule is Cc1ccc(C2C3=C(COC3=O)Nc3c2ccc2ccccc32)cc1. The number of fused-ring (bicyclic) bond motifs is 3. The molecule has 3 nitrogen and oxygen atoms in total. The van der Waals surface area contributed by atoms with Crippen molar-refractivity contribution in [2.75, 3.05) is 11.9 Å². The molecule has 5 rings (SSSR count). The number of carbonyl (C=O) groups excluding carboxylic acids is 1. The van der Waals surface area contributed by atoms with Gasteiger partial charge in [-0.3, -0.25) is 0 Å². The second-order valence-electron chi connectivity index (χ2n) is 6.69. The Morgan fingerprint density at radius 2 is 1.80 bits per heavy atom. The molecule has 2 aliphatic heterocycles. The second kappa shape index (κ2) is 5.21. The normalized spacial score (nSPS) is 18.6. The first kappa shape index (κ1) is 14.3. The van der Waals surface area contributed by atoms with Crippen molar-refractivity contribution in [3.05, 3.63) is 88.6 Å². The van der Waals surface area contributed by atoms with E-state index in [1.165, 1.54) is 16.3 Å². The fraction of sp³-hybridized carbons (Fsp3) is 0.136. The Labute approximate surface area is 145 Å². The van der Waals surface area contributed by atoms with Gasteiger partial charge >= 0.3 is 5.97 Å². The second-order valence-corrected chi connectivity index (χ2v) is 6.69. The number of rotatable bonds is 1. The molecule has 0 saturated heterocycles. The Bertz CT molecular complexity index is 1050. The van der Waals surface area contributed by atoms with Crippen molar-refractivity contribution in [3.8, 4) is 0 Å². The lowest BCUT2D eigenvalue weighted by Gasteiger charge is -2.28. The van der Waals surface area contributed by atoms with Crippen LogP contribution < -0.4 is 5.32 Å². The fourth-order valence-corrected chi connectivity index (χ4v) is 3.89. The highest BCUT2D eigenvalue weighted by molar-refractivity contribution is 6.03. The van der Waals surface area contributed by atoms with E-state index < -0.39 is 0 Å². The van der Waals surface area contributed by atoms with Crippen LogP contribution >= 0.6 is 0 Å². The number of ether oxygens (including phenoxy) is 1. The average Bonchev–Trinajstić information content (AvgIpc) is 3.01. The van der Waals surface area contributed by atoms with Crippen LogP contribution in [0.25, 0.3) is 10.8 Å². The molecule has 0 radical (unpaired) electrons. The topological polar surface area (TPSA) is 38.3 Å². The van der Waals surface area contributed by atoms with Crippen molar-refractivity contribution in [1.82, 2.24) is 0 Å². The third-order valence-corrected chi connectivity index (χ3v) is 5.14. The summed E-state index contributed by atoms with van der Waals surface area (Å²) in [5.74, 6) is -0.307. The first-order valence-electron chi connectivity index (χ1n) is 8.48. The van der Waals surface area contributed by atoms with Gasteiger partial charge in [-0.25, -0.2) is 4.79 Å². The van der Waals surface area contributed by atoms with Gasteiger partial charge in [0.05, 0.1) is 17.0 Å². The van der Waals surface area contributed by atoms with E-state index in [9.17, 15) is 4.79 Å². The van der Waals surface area contributed by atoms with Crippen molar-refractivity contribution < 1.29 is 9.53 Å². The van der Waals surface area contributed by atoms with Gasteiger partial charge in [0, 0.05) is 11.3 Å². The molecule has 2 heterocycles. The van der Waals surface area contributed by atoms with Gasteiger partial charge in [0.15, 0.2) is 0 Å². The number of hydrogen-bond donors (Lipinski definition) is 1. The van der Waals surface area contributed by atoms with E-state index in [4.69, 9.17) is 4.74 Å². The minimum absolute atomic E-state index is 0.0912.